The van der Waals surface area contributed by atoms with Crippen LogP contribution in [0.15, 0.2) is 22.7 Å². The van der Waals surface area contributed by atoms with E-state index in [9.17, 15) is 8.42 Å². The molecule has 0 aromatic heterocycles. The molecule has 0 bridgehead atoms. The Hall–Kier alpha value is -0.100. The van der Waals surface area contributed by atoms with Gasteiger partial charge in [0.1, 0.15) is 0 Å². The first-order valence-corrected chi connectivity index (χ1v) is 6.57. The average Bonchev–Trinajstić information content (AvgIpc) is 2.01. The van der Waals surface area contributed by atoms with E-state index < -0.39 is 15.3 Å². The summed E-state index contributed by atoms with van der Waals surface area (Å²) in [4.78, 5) is 0. The molecule has 0 aliphatic heterocycles. The van der Waals surface area contributed by atoms with E-state index in [1.807, 2.05) is 0 Å². The molecule has 1 aromatic carbocycles. The summed E-state index contributed by atoms with van der Waals surface area (Å²) in [5.74, 6) is 0. The molecule has 0 aliphatic carbocycles. The second kappa shape index (κ2) is 4.18. The zero-order valence-corrected chi connectivity index (χ0v) is 10.5. The third kappa shape index (κ3) is 2.70. The van der Waals surface area contributed by atoms with E-state index in [1.165, 1.54) is 6.92 Å². The smallest absolute Gasteiger partial charge is 0.215 e. The van der Waals surface area contributed by atoms with Gasteiger partial charge < -0.3 is 0 Å². The normalized spacial score (nSPS) is 14.0. The van der Waals surface area contributed by atoms with Crippen LogP contribution in [0.25, 0.3) is 0 Å². The van der Waals surface area contributed by atoms with Crippen molar-refractivity contribution in [2.24, 2.45) is 5.14 Å². The Morgan fingerprint density at radius 3 is 2.50 bits per heavy atom. The highest BCUT2D eigenvalue weighted by Crippen LogP contribution is 2.29. The Morgan fingerprint density at radius 2 is 2.07 bits per heavy atom. The van der Waals surface area contributed by atoms with Gasteiger partial charge in [0.25, 0.3) is 0 Å². The predicted octanol–water partition coefficient (Wildman–Crippen LogP) is 2.45. The summed E-state index contributed by atoms with van der Waals surface area (Å²) >= 11 is 9.11. The maximum absolute atomic E-state index is 11.1. The van der Waals surface area contributed by atoms with Gasteiger partial charge in [-0.25, -0.2) is 13.6 Å². The number of sulfonamides is 1. The Bertz CT molecular complexity index is 447. The third-order valence-electron chi connectivity index (χ3n) is 1.89. The molecule has 14 heavy (non-hydrogen) atoms. The minimum Gasteiger partial charge on any atom is -0.228 e. The summed E-state index contributed by atoms with van der Waals surface area (Å²) in [5.41, 5.74) is 0.511. The number of rotatable bonds is 2. The van der Waals surface area contributed by atoms with Crippen LogP contribution in [0, 0.1) is 0 Å². The molecule has 0 saturated carbocycles. The fraction of sp³-hybridized carbons (Fsp3) is 0.250. The topological polar surface area (TPSA) is 60.2 Å². The molecule has 0 radical (unpaired) electrons. The SMILES string of the molecule is CC(c1ccc(Br)cc1Cl)S(N)(=O)=O. The molecule has 1 unspecified atom stereocenters. The van der Waals surface area contributed by atoms with Gasteiger partial charge in [0, 0.05) is 9.50 Å². The lowest BCUT2D eigenvalue weighted by molar-refractivity contribution is 0.588. The second-order valence-corrected chi connectivity index (χ2v) is 6.11. The largest absolute Gasteiger partial charge is 0.228 e. The monoisotopic (exact) mass is 297 g/mol. The number of halogens is 2. The molecule has 0 saturated heterocycles. The standard InChI is InChI=1S/C8H9BrClNO2S/c1-5(14(11,12)13)7-3-2-6(9)4-8(7)10/h2-5H,1H3,(H2,11,12,13). The first-order valence-electron chi connectivity index (χ1n) is 3.79. The van der Waals surface area contributed by atoms with Crippen LogP contribution in [0.4, 0.5) is 0 Å². The lowest BCUT2D eigenvalue weighted by Crippen LogP contribution is -2.19. The molecule has 0 aliphatic rings. The maximum Gasteiger partial charge on any atom is 0.215 e. The Balaban J connectivity index is 3.21. The van der Waals surface area contributed by atoms with Gasteiger partial charge in [-0.05, 0) is 24.6 Å². The van der Waals surface area contributed by atoms with Gasteiger partial charge in [-0.1, -0.05) is 33.6 Å². The van der Waals surface area contributed by atoms with Crippen LogP contribution in [0.1, 0.15) is 17.7 Å². The van der Waals surface area contributed by atoms with Gasteiger partial charge in [-0.15, -0.1) is 0 Å². The zero-order valence-electron chi connectivity index (χ0n) is 7.37. The van der Waals surface area contributed by atoms with E-state index in [0.717, 1.165) is 4.47 Å². The molecule has 3 nitrogen and oxygen atoms in total. The number of hydrogen-bond acceptors (Lipinski definition) is 2. The number of hydrogen-bond donors (Lipinski definition) is 1. The minimum atomic E-state index is -3.59. The van der Waals surface area contributed by atoms with E-state index in [0.29, 0.717) is 10.6 Å². The lowest BCUT2D eigenvalue weighted by Gasteiger charge is -2.11. The highest BCUT2D eigenvalue weighted by Gasteiger charge is 2.20. The third-order valence-corrected chi connectivity index (χ3v) is 3.95. The molecule has 0 heterocycles. The first-order chi connectivity index (χ1) is 6.32. The quantitative estimate of drug-likeness (QED) is 0.911. The van der Waals surface area contributed by atoms with Crippen LogP contribution in [0.5, 0.6) is 0 Å². The lowest BCUT2D eigenvalue weighted by atomic mass is 10.2. The molecule has 0 fully saturated rings. The summed E-state index contributed by atoms with van der Waals surface area (Å²) < 4.78 is 23.0. The molecular weight excluding hydrogens is 290 g/mol. The van der Waals surface area contributed by atoms with E-state index in [4.69, 9.17) is 16.7 Å². The second-order valence-electron chi connectivity index (χ2n) is 2.90. The van der Waals surface area contributed by atoms with Crippen molar-refractivity contribution < 1.29 is 8.42 Å². The van der Waals surface area contributed by atoms with Crippen molar-refractivity contribution in [2.75, 3.05) is 0 Å². The zero-order chi connectivity index (χ0) is 10.9. The molecule has 78 valence electrons. The molecule has 0 spiro atoms. The Labute approximate surface area is 96.4 Å². The van der Waals surface area contributed by atoms with Crippen molar-refractivity contribution in [1.29, 1.82) is 0 Å². The fourth-order valence-corrected chi connectivity index (χ4v) is 2.47. The van der Waals surface area contributed by atoms with E-state index in [-0.39, 0.29) is 0 Å². The van der Waals surface area contributed by atoms with Crippen LogP contribution >= 0.6 is 27.5 Å². The van der Waals surface area contributed by atoms with Gasteiger partial charge >= 0.3 is 0 Å². The van der Waals surface area contributed by atoms with Crippen LogP contribution in [0.3, 0.4) is 0 Å². The molecule has 0 amide bonds. The van der Waals surface area contributed by atoms with Crippen molar-refractivity contribution in [1.82, 2.24) is 0 Å². The molecule has 2 N–H and O–H groups in total. The van der Waals surface area contributed by atoms with Crippen molar-refractivity contribution in [2.45, 2.75) is 12.2 Å². The number of primary sulfonamides is 1. The number of nitrogens with two attached hydrogens (primary N) is 1. The van der Waals surface area contributed by atoms with Gasteiger partial charge in [0.2, 0.25) is 10.0 Å². The van der Waals surface area contributed by atoms with Crippen molar-refractivity contribution in [3.63, 3.8) is 0 Å². The van der Waals surface area contributed by atoms with Crippen LogP contribution < -0.4 is 5.14 Å². The molecule has 1 aromatic rings. The summed E-state index contributed by atoms with van der Waals surface area (Å²) in [5, 5.41) is 4.62. The minimum absolute atomic E-state index is 0.390. The summed E-state index contributed by atoms with van der Waals surface area (Å²) in [6.07, 6.45) is 0. The van der Waals surface area contributed by atoms with Gasteiger partial charge in [0.05, 0.1) is 5.25 Å². The summed E-state index contributed by atoms with van der Waals surface area (Å²) in [6.45, 7) is 1.50. The van der Waals surface area contributed by atoms with Gasteiger partial charge in [-0.3, -0.25) is 0 Å². The fourth-order valence-electron chi connectivity index (χ4n) is 1.01. The van der Waals surface area contributed by atoms with Crippen molar-refractivity contribution >= 4 is 37.6 Å². The summed E-state index contributed by atoms with van der Waals surface area (Å²) in [7, 11) is -3.59. The molecule has 1 rings (SSSR count). The Kier molecular flexibility index (Phi) is 3.58. The van der Waals surface area contributed by atoms with Crippen LogP contribution in [-0.2, 0) is 10.0 Å². The molecular formula is C8H9BrClNO2S. The van der Waals surface area contributed by atoms with E-state index in [1.54, 1.807) is 18.2 Å². The van der Waals surface area contributed by atoms with Gasteiger partial charge in [-0.2, -0.15) is 0 Å². The summed E-state index contributed by atoms with van der Waals surface area (Å²) in [6, 6.07) is 5.00. The van der Waals surface area contributed by atoms with E-state index in [2.05, 4.69) is 15.9 Å². The number of benzene rings is 1. The highest BCUT2D eigenvalue weighted by molar-refractivity contribution is 9.10. The molecule has 6 heteroatoms. The van der Waals surface area contributed by atoms with Crippen LogP contribution in [-0.4, -0.2) is 8.42 Å². The van der Waals surface area contributed by atoms with Crippen molar-refractivity contribution in [3.8, 4) is 0 Å². The average molecular weight is 299 g/mol. The first kappa shape index (κ1) is 12.0. The Morgan fingerprint density at radius 1 is 1.50 bits per heavy atom. The molecule has 1 atom stereocenters. The van der Waals surface area contributed by atoms with Crippen LogP contribution in [0.2, 0.25) is 5.02 Å². The predicted molar refractivity (Wildman–Crippen MR) is 60.7 cm³/mol. The maximum atomic E-state index is 11.1. The van der Waals surface area contributed by atoms with E-state index >= 15 is 0 Å². The highest BCUT2D eigenvalue weighted by atomic mass is 79.9. The van der Waals surface area contributed by atoms with Crippen molar-refractivity contribution in [3.05, 3.63) is 33.3 Å². The van der Waals surface area contributed by atoms with Gasteiger partial charge in [0.15, 0.2) is 0 Å².